The summed E-state index contributed by atoms with van der Waals surface area (Å²) in [5.74, 6) is 0.259. The first-order valence-electron chi connectivity index (χ1n) is 17.0. The van der Waals surface area contributed by atoms with Gasteiger partial charge < -0.3 is 5.32 Å². The van der Waals surface area contributed by atoms with Gasteiger partial charge in [-0.05, 0) is 36.0 Å². The van der Waals surface area contributed by atoms with Crippen LogP contribution in [0, 0.1) is 5.92 Å². The SMILES string of the molecule is CCCCCCCCCCCCC(CCCCCCCCCC)CCCc1ccc2c(c1)NCC2C(=O)C=O. The number of carbonyl (C=O) groups excluding carboxylic acids is 2. The van der Waals surface area contributed by atoms with Crippen LogP contribution >= 0.6 is 0 Å². The zero-order valence-corrected chi connectivity index (χ0v) is 25.8. The number of Topliss-reactive ketones (excluding diaryl/α,β-unsaturated/α-hetero) is 1. The first-order valence-corrected chi connectivity index (χ1v) is 17.0. The standard InChI is InChI=1S/C36H61NO2/c1-3-5-7-9-11-13-14-16-18-20-23-31(22-19-17-15-12-10-8-6-4-2)24-21-25-32-26-27-33-34(36(39)30-38)29-37-35(33)28-32/h26-28,30-31,34,37H,3-25,29H2,1-2H3. The molecule has 1 N–H and O–H groups in total. The monoisotopic (exact) mass is 539 g/mol. The van der Waals surface area contributed by atoms with Gasteiger partial charge >= 0.3 is 0 Å². The van der Waals surface area contributed by atoms with Crippen LogP contribution < -0.4 is 5.32 Å². The number of carbonyl (C=O) groups is 2. The van der Waals surface area contributed by atoms with Gasteiger partial charge in [-0.2, -0.15) is 0 Å². The van der Waals surface area contributed by atoms with Crippen LogP contribution in [0.5, 0.6) is 0 Å². The van der Waals surface area contributed by atoms with Crippen LogP contribution in [0.4, 0.5) is 5.69 Å². The van der Waals surface area contributed by atoms with E-state index in [0.717, 1.165) is 23.6 Å². The largest absolute Gasteiger partial charge is 0.384 e. The quantitative estimate of drug-likeness (QED) is 0.0723. The highest BCUT2D eigenvalue weighted by atomic mass is 16.2. The summed E-state index contributed by atoms with van der Waals surface area (Å²) in [7, 11) is 0. The molecule has 2 rings (SSSR count). The molecule has 1 aromatic rings. The number of fused-ring (bicyclic) bond motifs is 1. The number of nitrogens with one attached hydrogen (secondary N) is 1. The smallest absolute Gasteiger partial charge is 0.204 e. The second-order valence-electron chi connectivity index (χ2n) is 12.4. The van der Waals surface area contributed by atoms with Crippen molar-refractivity contribution in [2.45, 2.75) is 167 Å². The fourth-order valence-electron chi connectivity index (χ4n) is 6.39. The van der Waals surface area contributed by atoms with E-state index in [0.29, 0.717) is 12.8 Å². The van der Waals surface area contributed by atoms with Crippen molar-refractivity contribution < 1.29 is 9.59 Å². The molecule has 0 aromatic heterocycles. The molecule has 1 aliphatic heterocycles. The lowest BCUT2D eigenvalue weighted by Crippen LogP contribution is -2.15. The molecule has 3 nitrogen and oxygen atoms in total. The summed E-state index contributed by atoms with van der Waals surface area (Å²) in [5.41, 5.74) is 3.39. The highest BCUT2D eigenvalue weighted by Gasteiger charge is 2.28. The van der Waals surface area contributed by atoms with Crippen molar-refractivity contribution >= 4 is 17.8 Å². The minimum Gasteiger partial charge on any atom is -0.384 e. The summed E-state index contributed by atoms with van der Waals surface area (Å²) in [5, 5.41) is 3.34. The molecule has 0 spiro atoms. The Morgan fingerprint density at radius 2 is 1.23 bits per heavy atom. The highest BCUT2D eigenvalue weighted by molar-refractivity contribution is 6.28. The molecule has 0 saturated carbocycles. The van der Waals surface area contributed by atoms with Crippen LogP contribution in [0.1, 0.15) is 172 Å². The molecule has 1 aromatic carbocycles. The predicted molar refractivity (Wildman–Crippen MR) is 169 cm³/mol. The maximum Gasteiger partial charge on any atom is 0.204 e. The molecule has 1 heterocycles. The van der Waals surface area contributed by atoms with E-state index in [1.54, 1.807) is 0 Å². The molecule has 0 amide bonds. The van der Waals surface area contributed by atoms with Crippen LogP contribution in [0.2, 0.25) is 0 Å². The Morgan fingerprint density at radius 3 is 1.74 bits per heavy atom. The topological polar surface area (TPSA) is 46.2 Å². The Kier molecular flexibility index (Phi) is 19.0. The van der Waals surface area contributed by atoms with Gasteiger partial charge in [0.2, 0.25) is 5.78 Å². The van der Waals surface area contributed by atoms with Crippen molar-refractivity contribution in [3.05, 3.63) is 29.3 Å². The Labute approximate surface area is 241 Å². The molecule has 0 saturated heterocycles. The number of ketones is 1. The third-order valence-corrected chi connectivity index (χ3v) is 8.96. The lowest BCUT2D eigenvalue weighted by molar-refractivity contribution is -0.130. The summed E-state index contributed by atoms with van der Waals surface area (Å²) in [4.78, 5) is 22.8. The number of hydrogen-bond acceptors (Lipinski definition) is 3. The van der Waals surface area contributed by atoms with Gasteiger partial charge in [-0.1, -0.05) is 161 Å². The zero-order chi connectivity index (χ0) is 28.0. The highest BCUT2D eigenvalue weighted by Crippen LogP contribution is 2.33. The number of anilines is 1. The van der Waals surface area contributed by atoms with E-state index in [4.69, 9.17) is 0 Å². The predicted octanol–water partition coefficient (Wildman–Crippen LogP) is 10.7. The van der Waals surface area contributed by atoms with E-state index in [1.165, 1.54) is 147 Å². The molecule has 0 aliphatic carbocycles. The molecule has 1 aliphatic rings. The van der Waals surface area contributed by atoms with E-state index >= 15 is 0 Å². The fourth-order valence-corrected chi connectivity index (χ4v) is 6.39. The Morgan fingerprint density at radius 1 is 0.744 bits per heavy atom. The summed E-state index contributed by atoms with van der Waals surface area (Å²) >= 11 is 0. The second-order valence-corrected chi connectivity index (χ2v) is 12.4. The average molecular weight is 540 g/mol. The number of rotatable bonds is 26. The minimum absolute atomic E-state index is 0.302. The van der Waals surface area contributed by atoms with Gasteiger partial charge in [0.05, 0.1) is 5.92 Å². The summed E-state index contributed by atoms with van der Waals surface area (Å²) in [6, 6.07) is 6.45. The Balaban J connectivity index is 1.69. The van der Waals surface area contributed by atoms with Gasteiger partial charge in [-0.3, -0.25) is 9.59 Å². The number of unbranched alkanes of at least 4 members (excludes halogenated alkanes) is 16. The van der Waals surface area contributed by atoms with Gasteiger partial charge in [-0.25, -0.2) is 0 Å². The first kappa shape index (κ1) is 33.6. The van der Waals surface area contributed by atoms with Crippen molar-refractivity contribution in [3.63, 3.8) is 0 Å². The molecular formula is C36H61NO2. The van der Waals surface area contributed by atoms with E-state index in [1.807, 2.05) is 0 Å². The number of benzene rings is 1. The van der Waals surface area contributed by atoms with Crippen molar-refractivity contribution in [2.75, 3.05) is 11.9 Å². The maximum atomic E-state index is 11.9. The number of aldehydes is 1. The number of aryl methyl sites for hydroxylation is 1. The third-order valence-electron chi connectivity index (χ3n) is 8.96. The van der Waals surface area contributed by atoms with Crippen LogP contribution in [0.15, 0.2) is 18.2 Å². The van der Waals surface area contributed by atoms with E-state index in [9.17, 15) is 9.59 Å². The molecule has 39 heavy (non-hydrogen) atoms. The van der Waals surface area contributed by atoms with Gasteiger partial charge in [0.15, 0.2) is 6.29 Å². The first-order chi connectivity index (χ1) is 19.2. The molecule has 222 valence electrons. The second kappa shape index (κ2) is 22.1. The van der Waals surface area contributed by atoms with Gasteiger partial charge in [0, 0.05) is 12.2 Å². The van der Waals surface area contributed by atoms with Crippen LogP contribution in [0.25, 0.3) is 0 Å². The third kappa shape index (κ3) is 14.5. The molecule has 0 fully saturated rings. The molecule has 0 bridgehead atoms. The van der Waals surface area contributed by atoms with E-state index < -0.39 is 0 Å². The summed E-state index contributed by atoms with van der Waals surface area (Å²) in [6.45, 7) is 5.14. The molecule has 0 radical (unpaired) electrons. The van der Waals surface area contributed by atoms with Gasteiger partial charge in [0.1, 0.15) is 0 Å². The van der Waals surface area contributed by atoms with E-state index in [2.05, 4.69) is 37.4 Å². The van der Waals surface area contributed by atoms with E-state index in [-0.39, 0.29) is 11.7 Å². The van der Waals surface area contributed by atoms with Crippen LogP contribution in [-0.4, -0.2) is 18.6 Å². The van der Waals surface area contributed by atoms with Crippen molar-refractivity contribution in [3.8, 4) is 0 Å². The molecule has 2 atom stereocenters. The molecule has 3 heteroatoms. The van der Waals surface area contributed by atoms with Crippen molar-refractivity contribution in [1.29, 1.82) is 0 Å². The summed E-state index contributed by atoms with van der Waals surface area (Å²) in [6.07, 6.45) is 32.4. The minimum atomic E-state index is -0.315. The van der Waals surface area contributed by atoms with Crippen LogP contribution in [-0.2, 0) is 16.0 Å². The fraction of sp³-hybridized carbons (Fsp3) is 0.778. The Hall–Kier alpha value is -1.64. The van der Waals surface area contributed by atoms with Crippen molar-refractivity contribution in [1.82, 2.24) is 0 Å². The summed E-state index contributed by atoms with van der Waals surface area (Å²) < 4.78 is 0. The van der Waals surface area contributed by atoms with Crippen LogP contribution in [0.3, 0.4) is 0 Å². The lowest BCUT2D eigenvalue weighted by Gasteiger charge is -2.17. The molecular weight excluding hydrogens is 478 g/mol. The van der Waals surface area contributed by atoms with Gasteiger partial charge in [-0.15, -0.1) is 0 Å². The lowest BCUT2D eigenvalue weighted by atomic mass is 9.89. The zero-order valence-electron chi connectivity index (χ0n) is 25.8. The normalized spacial score (nSPS) is 15.2. The Bertz CT molecular complexity index is 773. The number of hydrogen-bond donors (Lipinski definition) is 1. The van der Waals surface area contributed by atoms with Gasteiger partial charge in [0.25, 0.3) is 0 Å². The average Bonchev–Trinajstić information content (AvgIpc) is 3.38. The molecule has 2 unspecified atom stereocenters. The van der Waals surface area contributed by atoms with Crippen molar-refractivity contribution in [2.24, 2.45) is 5.92 Å². The maximum absolute atomic E-state index is 11.9.